The summed E-state index contributed by atoms with van der Waals surface area (Å²) in [5, 5.41) is 7.58. The van der Waals surface area contributed by atoms with E-state index >= 15 is 0 Å². The van der Waals surface area contributed by atoms with Gasteiger partial charge in [0.25, 0.3) is 11.8 Å². The van der Waals surface area contributed by atoms with Crippen molar-refractivity contribution in [3.63, 3.8) is 0 Å². The van der Waals surface area contributed by atoms with Crippen molar-refractivity contribution < 1.29 is 9.59 Å². The fourth-order valence-corrected chi connectivity index (χ4v) is 3.04. The molecule has 1 aromatic carbocycles. The van der Waals surface area contributed by atoms with Crippen LogP contribution in [0.2, 0.25) is 0 Å². The number of carbonyl (C=O) groups excluding carboxylic acids is 2. The largest absolute Gasteiger partial charge is 0.351 e. The third-order valence-electron chi connectivity index (χ3n) is 3.78. The summed E-state index contributed by atoms with van der Waals surface area (Å²) in [7, 11) is 3.98. The van der Waals surface area contributed by atoms with Gasteiger partial charge in [0, 0.05) is 17.0 Å². The Morgan fingerprint density at radius 3 is 2.58 bits per heavy atom. The fraction of sp³-hybridized carbons (Fsp3) is 0.300. The van der Waals surface area contributed by atoms with Crippen molar-refractivity contribution in [1.82, 2.24) is 15.5 Å². The summed E-state index contributed by atoms with van der Waals surface area (Å²) >= 11 is 1.51. The summed E-state index contributed by atoms with van der Waals surface area (Å²) in [6.07, 6.45) is 2.55. The van der Waals surface area contributed by atoms with Gasteiger partial charge in [-0.05, 0) is 63.1 Å². The van der Waals surface area contributed by atoms with E-state index in [2.05, 4.69) is 15.5 Å². The highest BCUT2D eigenvalue weighted by molar-refractivity contribution is 7.10. The quantitative estimate of drug-likeness (QED) is 0.554. The lowest BCUT2D eigenvalue weighted by molar-refractivity contribution is -0.117. The number of benzene rings is 1. The highest BCUT2D eigenvalue weighted by Crippen LogP contribution is 2.14. The molecule has 0 radical (unpaired) electrons. The zero-order valence-electron chi connectivity index (χ0n) is 15.4. The van der Waals surface area contributed by atoms with Crippen LogP contribution in [0.25, 0.3) is 6.08 Å². The first-order chi connectivity index (χ1) is 12.5. The monoisotopic (exact) mass is 371 g/mol. The molecule has 0 atom stereocenters. The van der Waals surface area contributed by atoms with Gasteiger partial charge in [0.05, 0.1) is 0 Å². The van der Waals surface area contributed by atoms with E-state index in [1.54, 1.807) is 12.1 Å². The number of hydrogen-bond donors (Lipinski definition) is 2. The van der Waals surface area contributed by atoms with Crippen LogP contribution >= 0.6 is 11.3 Å². The molecule has 5 nitrogen and oxygen atoms in total. The Morgan fingerprint density at radius 2 is 1.92 bits per heavy atom. The molecule has 0 bridgehead atoms. The van der Waals surface area contributed by atoms with Crippen LogP contribution in [-0.4, -0.2) is 43.9 Å². The lowest BCUT2D eigenvalue weighted by atomic mass is 10.1. The van der Waals surface area contributed by atoms with Crippen molar-refractivity contribution in [2.45, 2.75) is 13.3 Å². The summed E-state index contributed by atoms with van der Waals surface area (Å²) in [6.45, 7) is 3.32. The van der Waals surface area contributed by atoms with Gasteiger partial charge in [0.2, 0.25) is 0 Å². The highest BCUT2D eigenvalue weighted by atomic mass is 32.1. The average Bonchev–Trinajstić information content (AvgIpc) is 3.11. The second-order valence-electron chi connectivity index (χ2n) is 6.26. The smallest absolute Gasteiger partial charge is 0.267 e. The summed E-state index contributed by atoms with van der Waals surface area (Å²) in [4.78, 5) is 28.1. The number of aryl methyl sites for hydroxylation is 1. The summed E-state index contributed by atoms with van der Waals surface area (Å²) in [5.74, 6) is -0.562. The lowest BCUT2D eigenvalue weighted by Gasteiger charge is -2.13. The SMILES string of the molecule is Cc1ccccc1C(=O)N/C(=C\c1cccs1)C(=O)NCCCN(C)C. The van der Waals surface area contributed by atoms with Crippen LogP contribution < -0.4 is 10.6 Å². The predicted molar refractivity (Wildman–Crippen MR) is 107 cm³/mol. The summed E-state index contributed by atoms with van der Waals surface area (Å²) < 4.78 is 0. The fourth-order valence-electron chi connectivity index (χ4n) is 2.38. The molecule has 2 aromatic rings. The molecule has 1 heterocycles. The minimum atomic E-state index is -0.283. The third kappa shape index (κ3) is 6.13. The Morgan fingerprint density at radius 1 is 1.15 bits per heavy atom. The lowest BCUT2D eigenvalue weighted by Crippen LogP contribution is -2.36. The molecule has 6 heteroatoms. The molecule has 0 saturated heterocycles. The number of thiophene rings is 1. The van der Waals surface area contributed by atoms with Gasteiger partial charge in [0.15, 0.2) is 0 Å². The predicted octanol–water partition coefficient (Wildman–Crippen LogP) is 2.90. The third-order valence-corrected chi connectivity index (χ3v) is 4.60. The van der Waals surface area contributed by atoms with Crippen LogP contribution in [-0.2, 0) is 4.79 Å². The van der Waals surface area contributed by atoms with E-state index in [-0.39, 0.29) is 17.5 Å². The topological polar surface area (TPSA) is 61.4 Å². The van der Waals surface area contributed by atoms with Crippen molar-refractivity contribution in [3.8, 4) is 0 Å². The van der Waals surface area contributed by atoms with E-state index in [1.807, 2.05) is 56.7 Å². The van der Waals surface area contributed by atoms with E-state index < -0.39 is 0 Å². The van der Waals surface area contributed by atoms with E-state index in [0.29, 0.717) is 12.1 Å². The molecule has 26 heavy (non-hydrogen) atoms. The first-order valence-corrected chi connectivity index (χ1v) is 9.40. The molecule has 2 N–H and O–H groups in total. The maximum atomic E-state index is 12.6. The van der Waals surface area contributed by atoms with Gasteiger partial charge in [-0.25, -0.2) is 0 Å². The molecular formula is C20H25N3O2S. The summed E-state index contributed by atoms with van der Waals surface area (Å²) in [5.41, 5.74) is 1.68. The molecule has 2 rings (SSSR count). The Labute approximate surface area is 158 Å². The first-order valence-electron chi connectivity index (χ1n) is 8.52. The van der Waals surface area contributed by atoms with Gasteiger partial charge in [0.1, 0.15) is 5.70 Å². The number of carbonyl (C=O) groups is 2. The average molecular weight is 372 g/mol. The van der Waals surface area contributed by atoms with Gasteiger partial charge in [-0.3, -0.25) is 9.59 Å². The maximum Gasteiger partial charge on any atom is 0.267 e. The van der Waals surface area contributed by atoms with E-state index in [1.165, 1.54) is 11.3 Å². The van der Waals surface area contributed by atoms with Crippen LogP contribution in [0.4, 0.5) is 0 Å². The molecule has 0 aliphatic heterocycles. The molecule has 138 valence electrons. The standard InChI is InChI=1S/C20H25N3O2S/c1-15-8-4-5-10-17(15)19(24)22-18(14-16-9-6-13-26-16)20(25)21-11-7-12-23(2)3/h4-6,8-10,13-14H,7,11-12H2,1-3H3,(H,21,25)(H,22,24)/b18-14-. The van der Waals surface area contributed by atoms with Crippen LogP contribution in [0.5, 0.6) is 0 Å². The second kappa shape index (κ2) is 9.89. The maximum absolute atomic E-state index is 12.6. The summed E-state index contributed by atoms with van der Waals surface area (Å²) in [6, 6.07) is 11.1. The molecule has 0 spiro atoms. The first kappa shape index (κ1) is 19.9. The Bertz CT molecular complexity index is 767. The molecule has 0 fully saturated rings. The van der Waals surface area contributed by atoms with Gasteiger partial charge >= 0.3 is 0 Å². The minimum Gasteiger partial charge on any atom is -0.351 e. The number of rotatable bonds is 8. The van der Waals surface area contributed by atoms with E-state index in [4.69, 9.17) is 0 Å². The minimum absolute atomic E-state index is 0.255. The van der Waals surface area contributed by atoms with Crippen LogP contribution in [0, 0.1) is 6.92 Å². The van der Waals surface area contributed by atoms with Gasteiger partial charge in [-0.1, -0.05) is 24.3 Å². The number of amides is 2. The van der Waals surface area contributed by atoms with Gasteiger partial charge in [-0.15, -0.1) is 11.3 Å². The Kier molecular flexibility index (Phi) is 7.56. The molecule has 0 aliphatic rings. The molecule has 0 unspecified atom stereocenters. The van der Waals surface area contributed by atoms with Gasteiger partial charge in [-0.2, -0.15) is 0 Å². The van der Waals surface area contributed by atoms with Crippen molar-refractivity contribution >= 4 is 29.2 Å². The zero-order valence-corrected chi connectivity index (χ0v) is 16.2. The normalized spacial score (nSPS) is 11.5. The number of nitrogens with zero attached hydrogens (tertiary/aromatic N) is 1. The van der Waals surface area contributed by atoms with Crippen molar-refractivity contribution in [1.29, 1.82) is 0 Å². The highest BCUT2D eigenvalue weighted by Gasteiger charge is 2.15. The van der Waals surface area contributed by atoms with Crippen molar-refractivity contribution in [2.24, 2.45) is 0 Å². The molecule has 0 aliphatic carbocycles. The number of nitrogens with one attached hydrogen (secondary N) is 2. The Hall–Kier alpha value is -2.44. The molecule has 2 amide bonds. The zero-order chi connectivity index (χ0) is 18.9. The van der Waals surface area contributed by atoms with E-state index in [0.717, 1.165) is 23.4 Å². The molecule has 1 aromatic heterocycles. The second-order valence-corrected chi connectivity index (χ2v) is 7.23. The van der Waals surface area contributed by atoms with Gasteiger partial charge < -0.3 is 15.5 Å². The molecule has 0 saturated carbocycles. The van der Waals surface area contributed by atoms with Crippen molar-refractivity contribution in [3.05, 3.63) is 63.5 Å². The van der Waals surface area contributed by atoms with Crippen molar-refractivity contribution in [2.75, 3.05) is 27.2 Å². The van der Waals surface area contributed by atoms with Crippen LogP contribution in [0.1, 0.15) is 27.2 Å². The van der Waals surface area contributed by atoms with Crippen LogP contribution in [0.3, 0.4) is 0 Å². The van der Waals surface area contributed by atoms with E-state index in [9.17, 15) is 9.59 Å². The number of hydrogen-bond acceptors (Lipinski definition) is 4. The van der Waals surface area contributed by atoms with Crippen LogP contribution in [0.15, 0.2) is 47.5 Å². The Balaban J connectivity index is 2.10. The molecular weight excluding hydrogens is 346 g/mol.